The highest BCUT2D eigenvalue weighted by Crippen LogP contribution is 2.31. The molecule has 4 heteroatoms. The molecular weight excluding hydrogens is 314 g/mol. The zero-order valence-electron chi connectivity index (χ0n) is 14.4. The SMILES string of the molecule is CCOc1ccc(Oc2ccccc2NC(=O)CC2C=CCC2)cc1. The van der Waals surface area contributed by atoms with Crippen molar-refractivity contribution in [2.45, 2.75) is 26.2 Å². The molecule has 0 saturated heterocycles. The van der Waals surface area contributed by atoms with Crippen LogP contribution in [0, 0.1) is 5.92 Å². The van der Waals surface area contributed by atoms with E-state index in [-0.39, 0.29) is 5.91 Å². The van der Waals surface area contributed by atoms with E-state index in [1.165, 1.54) is 0 Å². The number of hydrogen-bond donors (Lipinski definition) is 1. The van der Waals surface area contributed by atoms with Crippen LogP contribution in [0.4, 0.5) is 5.69 Å². The first-order valence-corrected chi connectivity index (χ1v) is 8.71. The highest BCUT2D eigenvalue weighted by molar-refractivity contribution is 5.92. The van der Waals surface area contributed by atoms with E-state index in [1.54, 1.807) is 0 Å². The third-order valence-corrected chi connectivity index (χ3v) is 4.08. The molecule has 0 spiro atoms. The van der Waals surface area contributed by atoms with Gasteiger partial charge in [-0.25, -0.2) is 0 Å². The van der Waals surface area contributed by atoms with Crippen LogP contribution in [-0.2, 0) is 4.79 Å². The molecule has 4 nitrogen and oxygen atoms in total. The van der Waals surface area contributed by atoms with Gasteiger partial charge in [0.05, 0.1) is 12.3 Å². The van der Waals surface area contributed by atoms with Gasteiger partial charge in [0, 0.05) is 6.42 Å². The Kier molecular flexibility index (Phi) is 5.73. The summed E-state index contributed by atoms with van der Waals surface area (Å²) in [5.41, 5.74) is 0.684. The number of rotatable bonds is 7. The van der Waals surface area contributed by atoms with E-state index >= 15 is 0 Å². The van der Waals surface area contributed by atoms with E-state index in [0.717, 1.165) is 18.6 Å². The molecule has 3 rings (SSSR count). The number of ether oxygens (including phenoxy) is 2. The van der Waals surface area contributed by atoms with Crippen molar-refractivity contribution in [3.63, 3.8) is 0 Å². The number of benzene rings is 2. The van der Waals surface area contributed by atoms with Gasteiger partial charge in [-0.15, -0.1) is 0 Å². The van der Waals surface area contributed by atoms with Gasteiger partial charge in [-0.2, -0.15) is 0 Å². The van der Waals surface area contributed by atoms with E-state index in [2.05, 4.69) is 17.5 Å². The van der Waals surface area contributed by atoms with Crippen molar-refractivity contribution >= 4 is 11.6 Å². The van der Waals surface area contributed by atoms with E-state index < -0.39 is 0 Å². The Hall–Kier alpha value is -2.75. The molecule has 1 atom stereocenters. The summed E-state index contributed by atoms with van der Waals surface area (Å²) in [7, 11) is 0. The van der Waals surface area contributed by atoms with Crippen molar-refractivity contribution in [3.8, 4) is 17.2 Å². The summed E-state index contributed by atoms with van der Waals surface area (Å²) in [4.78, 5) is 12.3. The number of amides is 1. The zero-order valence-corrected chi connectivity index (χ0v) is 14.4. The van der Waals surface area contributed by atoms with Crippen molar-refractivity contribution in [1.29, 1.82) is 0 Å². The summed E-state index contributed by atoms with van der Waals surface area (Å²) in [6.07, 6.45) is 6.89. The summed E-state index contributed by atoms with van der Waals surface area (Å²) >= 11 is 0. The lowest BCUT2D eigenvalue weighted by Crippen LogP contribution is -2.15. The van der Waals surface area contributed by atoms with E-state index in [0.29, 0.717) is 36.1 Å². The normalized spacial score (nSPS) is 15.8. The second-order valence-corrected chi connectivity index (χ2v) is 6.02. The van der Waals surface area contributed by atoms with Crippen LogP contribution in [0.25, 0.3) is 0 Å². The molecule has 1 unspecified atom stereocenters. The standard InChI is InChI=1S/C21H23NO3/c1-2-24-17-11-13-18(14-12-17)25-20-10-6-5-9-19(20)22-21(23)15-16-7-3-4-8-16/h3,5-7,9-14,16H,2,4,8,15H2,1H3,(H,22,23). The molecule has 0 bridgehead atoms. The fraction of sp³-hybridized carbons (Fsp3) is 0.286. The van der Waals surface area contributed by atoms with Crippen LogP contribution in [0.15, 0.2) is 60.7 Å². The van der Waals surface area contributed by atoms with Crippen LogP contribution in [0.3, 0.4) is 0 Å². The van der Waals surface area contributed by atoms with Gasteiger partial charge in [-0.3, -0.25) is 4.79 Å². The summed E-state index contributed by atoms with van der Waals surface area (Å²) in [6, 6.07) is 14.9. The van der Waals surface area contributed by atoms with Crippen molar-refractivity contribution < 1.29 is 14.3 Å². The Morgan fingerprint density at radius 2 is 1.88 bits per heavy atom. The van der Waals surface area contributed by atoms with Gasteiger partial charge in [0.1, 0.15) is 11.5 Å². The molecule has 130 valence electrons. The first-order chi connectivity index (χ1) is 12.2. The highest BCUT2D eigenvalue weighted by Gasteiger charge is 2.15. The molecule has 2 aromatic rings. The number of carbonyl (C=O) groups is 1. The monoisotopic (exact) mass is 337 g/mol. The largest absolute Gasteiger partial charge is 0.494 e. The number of para-hydroxylation sites is 2. The van der Waals surface area contributed by atoms with Crippen molar-refractivity contribution in [2.24, 2.45) is 5.92 Å². The maximum atomic E-state index is 12.3. The van der Waals surface area contributed by atoms with Gasteiger partial charge in [0.25, 0.3) is 0 Å². The third kappa shape index (κ3) is 4.86. The van der Waals surface area contributed by atoms with Crippen molar-refractivity contribution in [3.05, 3.63) is 60.7 Å². The average Bonchev–Trinajstić information content (AvgIpc) is 3.11. The molecule has 1 N–H and O–H groups in total. The molecule has 0 heterocycles. The first-order valence-electron chi connectivity index (χ1n) is 8.71. The molecule has 1 aliphatic carbocycles. The molecule has 1 amide bonds. The average molecular weight is 337 g/mol. The third-order valence-electron chi connectivity index (χ3n) is 4.08. The molecule has 25 heavy (non-hydrogen) atoms. The summed E-state index contributed by atoms with van der Waals surface area (Å²) in [5.74, 6) is 2.49. The van der Waals surface area contributed by atoms with Crippen LogP contribution in [0.2, 0.25) is 0 Å². The summed E-state index contributed by atoms with van der Waals surface area (Å²) in [6.45, 7) is 2.58. The second kappa shape index (κ2) is 8.38. The van der Waals surface area contributed by atoms with Crippen LogP contribution in [-0.4, -0.2) is 12.5 Å². The Bertz CT molecular complexity index is 737. The molecule has 0 saturated carbocycles. The Balaban J connectivity index is 1.65. The predicted octanol–water partition coefficient (Wildman–Crippen LogP) is 5.17. The number of nitrogens with one attached hydrogen (secondary N) is 1. The molecule has 0 aliphatic heterocycles. The van der Waals surface area contributed by atoms with Gasteiger partial charge in [-0.05, 0) is 62.1 Å². The van der Waals surface area contributed by atoms with Crippen LogP contribution >= 0.6 is 0 Å². The van der Waals surface area contributed by atoms with Crippen LogP contribution < -0.4 is 14.8 Å². The zero-order chi connectivity index (χ0) is 17.5. The highest BCUT2D eigenvalue weighted by atomic mass is 16.5. The van der Waals surface area contributed by atoms with Gasteiger partial charge >= 0.3 is 0 Å². The van der Waals surface area contributed by atoms with E-state index in [9.17, 15) is 4.79 Å². The van der Waals surface area contributed by atoms with Gasteiger partial charge in [0.15, 0.2) is 5.75 Å². The minimum atomic E-state index is 0.0132. The minimum Gasteiger partial charge on any atom is -0.494 e. The van der Waals surface area contributed by atoms with E-state index in [1.807, 2.05) is 55.5 Å². The molecular formula is C21H23NO3. The molecule has 1 aliphatic rings. The first kappa shape index (κ1) is 17.1. The fourth-order valence-electron chi connectivity index (χ4n) is 2.86. The molecule has 0 aromatic heterocycles. The minimum absolute atomic E-state index is 0.0132. The summed E-state index contributed by atoms with van der Waals surface area (Å²) < 4.78 is 11.4. The summed E-state index contributed by atoms with van der Waals surface area (Å²) in [5, 5.41) is 2.97. The van der Waals surface area contributed by atoms with Crippen molar-refractivity contribution in [2.75, 3.05) is 11.9 Å². The second-order valence-electron chi connectivity index (χ2n) is 6.02. The Morgan fingerprint density at radius 1 is 1.12 bits per heavy atom. The quantitative estimate of drug-likeness (QED) is 0.709. The topological polar surface area (TPSA) is 47.6 Å². The smallest absolute Gasteiger partial charge is 0.225 e. The molecule has 0 radical (unpaired) electrons. The maximum absolute atomic E-state index is 12.3. The number of allylic oxidation sites excluding steroid dienone is 2. The van der Waals surface area contributed by atoms with Gasteiger partial charge < -0.3 is 14.8 Å². The van der Waals surface area contributed by atoms with Crippen LogP contribution in [0.5, 0.6) is 17.2 Å². The maximum Gasteiger partial charge on any atom is 0.225 e. The van der Waals surface area contributed by atoms with E-state index in [4.69, 9.17) is 9.47 Å². The Labute approximate surface area is 148 Å². The lowest BCUT2D eigenvalue weighted by Gasteiger charge is -2.13. The van der Waals surface area contributed by atoms with Gasteiger partial charge in [0.2, 0.25) is 5.91 Å². The fourth-order valence-corrected chi connectivity index (χ4v) is 2.86. The molecule has 2 aromatic carbocycles. The lowest BCUT2D eigenvalue weighted by atomic mass is 10.1. The number of carbonyl (C=O) groups excluding carboxylic acids is 1. The molecule has 0 fully saturated rings. The van der Waals surface area contributed by atoms with Crippen LogP contribution in [0.1, 0.15) is 26.2 Å². The number of anilines is 1. The van der Waals surface area contributed by atoms with Gasteiger partial charge in [-0.1, -0.05) is 24.3 Å². The number of hydrogen-bond acceptors (Lipinski definition) is 3. The lowest BCUT2D eigenvalue weighted by molar-refractivity contribution is -0.116. The Morgan fingerprint density at radius 3 is 2.60 bits per heavy atom. The predicted molar refractivity (Wildman–Crippen MR) is 99.2 cm³/mol. The van der Waals surface area contributed by atoms with Crippen molar-refractivity contribution in [1.82, 2.24) is 0 Å².